The van der Waals surface area contributed by atoms with Crippen molar-refractivity contribution in [1.82, 2.24) is 14.8 Å². The third-order valence-electron chi connectivity index (χ3n) is 2.83. The summed E-state index contributed by atoms with van der Waals surface area (Å²) < 4.78 is 56.0. The summed E-state index contributed by atoms with van der Waals surface area (Å²) in [5, 5.41) is -1.39. The predicted octanol–water partition coefficient (Wildman–Crippen LogP) is -2.73. The minimum atomic E-state index is -6.10. The zero-order valence-electron chi connectivity index (χ0n) is 13.3. The fourth-order valence-electron chi connectivity index (χ4n) is 1.83. The van der Waals surface area contributed by atoms with Crippen LogP contribution in [-0.2, 0) is 22.8 Å². The van der Waals surface area contributed by atoms with Gasteiger partial charge in [0.05, 0.1) is 5.70 Å². The van der Waals surface area contributed by atoms with Crippen LogP contribution in [0.15, 0.2) is 12.3 Å². The monoisotopic (exact) mass is 515 g/mol. The molecular formula is C5H18N3O15P5. The summed E-state index contributed by atoms with van der Waals surface area (Å²) in [7, 11) is -28.9. The largest absolute Gasteiger partial charge is 0.427 e. The van der Waals surface area contributed by atoms with Gasteiger partial charge in [0.25, 0.3) is 5.02 Å². The average molecular weight is 515 g/mol. The average Bonchev–Trinajstić information content (AvgIpc) is 2.29. The maximum Gasteiger partial charge on any atom is 0.427 e. The van der Waals surface area contributed by atoms with Crippen molar-refractivity contribution in [3.05, 3.63) is 12.3 Å². The molecule has 0 aliphatic carbocycles. The third-order valence-corrected chi connectivity index (χ3v) is 10.5. The highest BCUT2D eigenvalue weighted by molar-refractivity contribution is 7.73. The summed E-state index contributed by atoms with van der Waals surface area (Å²) in [6, 6.07) is 0. The van der Waals surface area contributed by atoms with Gasteiger partial charge in [-0.15, -0.1) is 4.44 Å². The van der Waals surface area contributed by atoms with E-state index in [0.717, 1.165) is 5.09 Å². The number of hydrogen-bond acceptors (Lipinski definition) is 6. The van der Waals surface area contributed by atoms with Crippen LogP contribution in [0, 0.1) is 0 Å². The lowest BCUT2D eigenvalue weighted by Gasteiger charge is -2.37. The molecule has 0 spiro atoms. The van der Waals surface area contributed by atoms with Crippen LogP contribution < -0.4 is 10.4 Å². The molecule has 0 unspecified atom stereocenters. The standard InChI is InChI=1S/C5H18N3O15P5/c1-4(7-26(15,16)17)5(24(9,10)11,25(12,13)14)6-2-3-8(27(18,19)20)28(21,22)23/h6H,1-3H2,(H2,9,10,11)(H2,12,13,14)(H2,18,19,20)(H2,21,22,23)(H3,7,15,16,17). The molecule has 0 aromatic carbocycles. The Kier molecular flexibility index (Phi) is 8.82. The van der Waals surface area contributed by atoms with E-state index >= 15 is 0 Å². The molecule has 0 rings (SSSR count). The van der Waals surface area contributed by atoms with Gasteiger partial charge in [-0.25, -0.2) is 13.7 Å². The van der Waals surface area contributed by atoms with Gasteiger partial charge in [-0.1, -0.05) is 6.58 Å². The van der Waals surface area contributed by atoms with Gasteiger partial charge >= 0.3 is 38.4 Å². The van der Waals surface area contributed by atoms with Crippen LogP contribution in [0.2, 0.25) is 0 Å². The molecule has 0 fully saturated rings. The molecule has 28 heavy (non-hydrogen) atoms. The molecule has 0 saturated heterocycles. The second-order valence-electron chi connectivity index (χ2n) is 4.94. The first kappa shape index (κ1) is 28.2. The lowest BCUT2D eigenvalue weighted by atomic mass is 10.4. The Morgan fingerprint density at radius 3 is 1.39 bits per heavy atom. The molecule has 18 nitrogen and oxygen atoms in total. The van der Waals surface area contributed by atoms with Crippen LogP contribution in [0.4, 0.5) is 0 Å². The minimum absolute atomic E-state index is 0.740. The van der Waals surface area contributed by atoms with Crippen molar-refractivity contribution in [3.8, 4) is 0 Å². The topological polar surface area (TPSA) is 315 Å². The van der Waals surface area contributed by atoms with Gasteiger partial charge in [0.2, 0.25) is 0 Å². The van der Waals surface area contributed by atoms with E-state index in [1.165, 1.54) is 5.32 Å². The Bertz CT molecular complexity index is 781. The first-order valence-electron chi connectivity index (χ1n) is 6.26. The normalized spacial score (nSPS) is 15.0. The molecule has 12 N–H and O–H groups in total. The van der Waals surface area contributed by atoms with Gasteiger partial charge in [-0.3, -0.25) is 19.5 Å². The molecule has 0 saturated carbocycles. The van der Waals surface area contributed by atoms with Crippen LogP contribution in [0.5, 0.6) is 0 Å². The van der Waals surface area contributed by atoms with Crippen molar-refractivity contribution in [3.63, 3.8) is 0 Å². The van der Waals surface area contributed by atoms with Crippen LogP contribution in [0.3, 0.4) is 0 Å². The van der Waals surface area contributed by atoms with Crippen molar-refractivity contribution in [2.45, 2.75) is 5.02 Å². The number of nitrogens with zero attached hydrogens (tertiary/aromatic N) is 1. The smallest absolute Gasteiger partial charge is 0.322 e. The van der Waals surface area contributed by atoms with Crippen molar-refractivity contribution in [1.29, 1.82) is 0 Å². The number of rotatable bonds is 11. The quantitative estimate of drug-likeness (QED) is 0.124. The highest BCUT2D eigenvalue weighted by Gasteiger charge is 2.63. The van der Waals surface area contributed by atoms with Crippen LogP contribution in [-0.4, -0.2) is 71.5 Å². The SMILES string of the molecule is C=C(NP(=O)(O)O)C(NCCN(P(=O)(O)O)P(=O)(O)O)(P(=O)(O)O)P(=O)(O)O. The zero-order chi connectivity index (χ0) is 23.0. The fraction of sp³-hybridized carbons (Fsp3) is 0.600. The molecule has 0 atom stereocenters. The van der Waals surface area contributed by atoms with E-state index in [1.54, 1.807) is 0 Å². The van der Waals surface area contributed by atoms with Crippen molar-refractivity contribution in [2.75, 3.05) is 13.1 Å². The van der Waals surface area contributed by atoms with E-state index in [-0.39, 0.29) is 0 Å². The lowest BCUT2D eigenvalue weighted by Crippen LogP contribution is -2.51. The summed E-state index contributed by atoms with van der Waals surface area (Å²) in [5.74, 6) is 0. The van der Waals surface area contributed by atoms with Crippen LogP contribution >= 0.6 is 38.4 Å². The van der Waals surface area contributed by atoms with Gasteiger partial charge in [-0.2, -0.15) is 0 Å². The highest BCUT2D eigenvalue weighted by Crippen LogP contribution is 2.70. The Hall–Kier alpha value is 0.210. The van der Waals surface area contributed by atoms with E-state index < -0.39 is 66.7 Å². The molecule has 0 aliphatic rings. The van der Waals surface area contributed by atoms with E-state index in [0.29, 0.717) is 0 Å². The highest BCUT2D eigenvalue weighted by atomic mass is 31.3. The van der Waals surface area contributed by atoms with E-state index in [1.807, 2.05) is 0 Å². The zero-order valence-corrected chi connectivity index (χ0v) is 17.8. The minimum Gasteiger partial charge on any atom is -0.322 e. The Labute approximate surface area is 156 Å². The van der Waals surface area contributed by atoms with Gasteiger partial charge in [0.15, 0.2) is 0 Å². The molecule has 0 aromatic rings. The van der Waals surface area contributed by atoms with E-state index in [9.17, 15) is 42.4 Å². The maximum absolute atomic E-state index is 11.8. The Morgan fingerprint density at radius 2 is 1.14 bits per heavy atom. The summed E-state index contributed by atoms with van der Waals surface area (Å²) in [5.41, 5.74) is -1.60. The van der Waals surface area contributed by atoms with Crippen molar-refractivity contribution in [2.24, 2.45) is 0 Å². The predicted molar refractivity (Wildman–Crippen MR) is 89.9 cm³/mol. The molecule has 0 heterocycles. The Balaban J connectivity index is 6.13. The van der Waals surface area contributed by atoms with Crippen molar-refractivity contribution < 1.29 is 71.8 Å². The maximum atomic E-state index is 11.8. The molecule has 0 radical (unpaired) electrons. The Morgan fingerprint density at radius 1 is 0.786 bits per heavy atom. The van der Waals surface area contributed by atoms with Crippen LogP contribution in [0.1, 0.15) is 0 Å². The van der Waals surface area contributed by atoms with Gasteiger partial charge in [-0.05, 0) is 0 Å². The lowest BCUT2D eigenvalue weighted by molar-refractivity contribution is 0.265. The van der Waals surface area contributed by atoms with Crippen molar-refractivity contribution >= 4 is 38.4 Å². The summed E-state index contributed by atoms with van der Waals surface area (Å²) in [6.07, 6.45) is 0. The van der Waals surface area contributed by atoms with Gasteiger partial charge in [0, 0.05) is 13.1 Å². The second kappa shape index (κ2) is 8.75. The first-order valence-corrected chi connectivity index (χ1v) is 14.2. The van der Waals surface area contributed by atoms with Gasteiger partial charge < -0.3 is 48.9 Å². The molecule has 0 bridgehead atoms. The molecule has 0 aliphatic heterocycles. The first-order chi connectivity index (χ1) is 12.0. The summed E-state index contributed by atoms with van der Waals surface area (Å²) >= 11 is 0. The van der Waals surface area contributed by atoms with E-state index in [4.69, 9.17) is 29.4 Å². The molecule has 23 heteroatoms. The van der Waals surface area contributed by atoms with E-state index in [2.05, 4.69) is 6.58 Å². The fourth-order valence-corrected chi connectivity index (χ4v) is 7.27. The molecular weight excluding hydrogens is 497 g/mol. The third kappa shape index (κ3) is 7.17. The van der Waals surface area contributed by atoms with Gasteiger partial charge in [0.1, 0.15) is 0 Å². The van der Waals surface area contributed by atoms with Crippen LogP contribution in [0.25, 0.3) is 0 Å². The number of nitrogens with one attached hydrogen (secondary N) is 2. The molecule has 0 aromatic heterocycles. The second-order valence-corrected chi connectivity index (χ2v) is 13.5. The summed E-state index contributed by atoms with van der Waals surface area (Å²) in [4.78, 5) is 90.8. The molecule has 168 valence electrons. The molecule has 0 amide bonds. The summed E-state index contributed by atoms with van der Waals surface area (Å²) in [6.45, 7) is 0.0414. The number of hydrogen-bond donors (Lipinski definition) is 12.